The number of hydrogen-bond donors (Lipinski definition) is 2. The van der Waals surface area contributed by atoms with Crippen LogP contribution in [0.1, 0.15) is 22.3 Å². The van der Waals surface area contributed by atoms with E-state index >= 15 is 0 Å². The summed E-state index contributed by atoms with van der Waals surface area (Å²) < 4.78 is 96.3. The maximum atomic E-state index is 13.2. The molecule has 12 heteroatoms. The summed E-state index contributed by atoms with van der Waals surface area (Å²) in [6.07, 6.45) is -10.0. The minimum atomic E-state index is -5.02. The lowest BCUT2D eigenvalue weighted by molar-refractivity contribution is -0.143. The smallest absolute Gasteiger partial charge is 0.373 e. The van der Waals surface area contributed by atoms with Gasteiger partial charge in [-0.2, -0.15) is 26.3 Å². The average molecular weight is 450 g/mol. The number of ether oxygens (including phenoxy) is 1. The van der Waals surface area contributed by atoms with E-state index in [-0.39, 0.29) is 11.6 Å². The molecule has 166 valence electrons. The van der Waals surface area contributed by atoms with Crippen molar-refractivity contribution < 1.29 is 45.1 Å². The van der Waals surface area contributed by atoms with E-state index in [1.807, 2.05) is 5.32 Å². The van der Waals surface area contributed by atoms with Gasteiger partial charge in [-0.1, -0.05) is 12.1 Å². The highest BCUT2D eigenvalue weighted by Gasteiger charge is 2.48. The first-order valence-corrected chi connectivity index (χ1v) is 8.57. The molecule has 1 aliphatic rings. The minimum Gasteiger partial charge on any atom is -0.373 e. The van der Waals surface area contributed by atoms with Crippen molar-refractivity contribution in [2.75, 3.05) is 6.61 Å². The number of rotatable bonds is 5. The Morgan fingerprint density at radius 3 is 1.87 bits per heavy atom. The highest BCUT2D eigenvalue weighted by atomic mass is 19.4. The van der Waals surface area contributed by atoms with Crippen LogP contribution in [0.5, 0.6) is 0 Å². The predicted octanol–water partition coefficient (Wildman–Crippen LogP) is 4.11. The van der Waals surface area contributed by atoms with E-state index in [4.69, 9.17) is 4.74 Å². The van der Waals surface area contributed by atoms with E-state index in [1.54, 1.807) is 0 Å². The Balaban J connectivity index is 1.87. The zero-order valence-corrected chi connectivity index (χ0v) is 15.3. The Kier molecular flexibility index (Phi) is 5.70. The molecule has 0 radical (unpaired) electrons. The summed E-state index contributed by atoms with van der Waals surface area (Å²) >= 11 is 0. The number of urea groups is 1. The number of imide groups is 1. The Bertz CT molecular complexity index is 971. The molecule has 5 nitrogen and oxygen atoms in total. The fraction of sp³-hybridized carbons (Fsp3) is 0.263. The van der Waals surface area contributed by atoms with Crippen molar-refractivity contribution in [2.45, 2.75) is 24.5 Å². The first kappa shape index (κ1) is 22.5. The van der Waals surface area contributed by atoms with Gasteiger partial charge in [0.1, 0.15) is 5.82 Å². The standard InChI is InChI=1S/C19H13F7N2O3/c20-14-3-1-11(2-4-14)17(15(29)27-16(30)28-17)9-31-8-10-5-12(18(21,22)23)7-13(6-10)19(24,25)26/h1-7H,8-9H2,(H2,27,28,29,30). The normalized spacial score (nSPS) is 19.3. The maximum Gasteiger partial charge on any atom is 0.416 e. The molecule has 1 heterocycles. The molecule has 0 bridgehead atoms. The Morgan fingerprint density at radius 1 is 0.871 bits per heavy atom. The zero-order chi connectivity index (χ0) is 23.0. The molecule has 0 saturated carbocycles. The molecule has 1 aliphatic heterocycles. The van der Waals surface area contributed by atoms with Crippen LogP contribution in [-0.2, 0) is 34.0 Å². The van der Waals surface area contributed by atoms with E-state index in [0.29, 0.717) is 12.1 Å². The molecule has 31 heavy (non-hydrogen) atoms. The van der Waals surface area contributed by atoms with Gasteiger partial charge in [0.05, 0.1) is 24.3 Å². The topological polar surface area (TPSA) is 67.4 Å². The van der Waals surface area contributed by atoms with Gasteiger partial charge >= 0.3 is 18.4 Å². The van der Waals surface area contributed by atoms with Gasteiger partial charge in [-0.3, -0.25) is 10.1 Å². The van der Waals surface area contributed by atoms with Gasteiger partial charge < -0.3 is 10.1 Å². The van der Waals surface area contributed by atoms with Crippen LogP contribution in [0, 0.1) is 5.82 Å². The molecule has 2 aromatic rings. The molecule has 3 rings (SSSR count). The molecule has 1 unspecified atom stereocenters. The first-order chi connectivity index (χ1) is 14.3. The van der Waals surface area contributed by atoms with Crippen LogP contribution in [0.4, 0.5) is 35.5 Å². The van der Waals surface area contributed by atoms with Crippen LogP contribution < -0.4 is 10.6 Å². The third kappa shape index (κ3) is 4.79. The van der Waals surface area contributed by atoms with Crippen molar-refractivity contribution >= 4 is 11.9 Å². The second kappa shape index (κ2) is 7.84. The molecule has 1 fully saturated rings. The van der Waals surface area contributed by atoms with Crippen molar-refractivity contribution in [3.05, 3.63) is 70.5 Å². The summed E-state index contributed by atoms with van der Waals surface area (Å²) in [7, 11) is 0. The van der Waals surface area contributed by atoms with Crippen molar-refractivity contribution in [1.82, 2.24) is 10.6 Å². The van der Waals surface area contributed by atoms with Crippen molar-refractivity contribution in [2.24, 2.45) is 0 Å². The molecule has 2 N–H and O–H groups in total. The largest absolute Gasteiger partial charge is 0.416 e. The number of benzene rings is 2. The molecule has 3 amide bonds. The Labute approximate surface area is 170 Å². The number of amides is 3. The molecule has 2 aromatic carbocycles. The molecule has 0 aromatic heterocycles. The quantitative estimate of drug-likeness (QED) is 0.532. The molecule has 0 aliphatic carbocycles. The Morgan fingerprint density at radius 2 is 1.42 bits per heavy atom. The van der Waals surface area contributed by atoms with E-state index < -0.39 is 65.6 Å². The summed E-state index contributed by atoms with van der Waals surface area (Å²) in [4.78, 5) is 24.0. The van der Waals surface area contributed by atoms with Gasteiger partial charge in [0.15, 0.2) is 5.54 Å². The second-order valence-corrected chi connectivity index (χ2v) is 6.73. The fourth-order valence-corrected chi connectivity index (χ4v) is 3.04. The molecular formula is C19H13F7N2O3. The lowest BCUT2D eigenvalue weighted by Crippen LogP contribution is -2.47. The number of alkyl halides is 6. The Hall–Kier alpha value is -3.15. The monoisotopic (exact) mass is 450 g/mol. The lowest BCUT2D eigenvalue weighted by atomic mass is 9.91. The molecular weight excluding hydrogens is 437 g/mol. The fourth-order valence-electron chi connectivity index (χ4n) is 3.04. The average Bonchev–Trinajstić information content (AvgIpc) is 2.95. The summed E-state index contributed by atoms with van der Waals surface area (Å²) in [5, 5.41) is 4.27. The minimum absolute atomic E-state index is 0.0197. The van der Waals surface area contributed by atoms with Crippen molar-refractivity contribution in [1.29, 1.82) is 0 Å². The third-order valence-corrected chi connectivity index (χ3v) is 4.51. The second-order valence-electron chi connectivity index (χ2n) is 6.73. The van der Waals surface area contributed by atoms with Crippen LogP contribution in [0.15, 0.2) is 42.5 Å². The molecule has 0 spiro atoms. The third-order valence-electron chi connectivity index (χ3n) is 4.51. The van der Waals surface area contributed by atoms with Crippen LogP contribution in [0.2, 0.25) is 0 Å². The van der Waals surface area contributed by atoms with Crippen LogP contribution in [0.3, 0.4) is 0 Å². The van der Waals surface area contributed by atoms with Gasteiger partial charge in [-0.25, -0.2) is 9.18 Å². The van der Waals surface area contributed by atoms with Crippen LogP contribution >= 0.6 is 0 Å². The molecule has 1 atom stereocenters. The molecule has 1 saturated heterocycles. The summed E-state index contributed by atoms with van der Waals surface area (Å²) in [6, 6.07) is 4.48. The van der Waals surface area contributed by atoms with Gasteiger partial charge in [0.2, 0.25) is 0 Å². The predicted molar refractivity (Wildman–Crippen MR) is 90.9 cm³/mol. The first-order valence-electron chi connectivity index (χ1n) is 8.57. The summed E-state index contributed by atoms with van der Waals surface area (Å²) in [6.45, 7) is -1.35. The zero-order valence-electron chi connectivity index (χ0n) is 15.3. The SMILES string of the molecule is O=C1NC(=O)C(COCc2cc(C(F)(F)F)cc(C(F)(F)F)c2)(c2ccc(F)cc2)N1. The highest BCUT2D eigenvalue weighted by molar-refractivity contribution is 6.07. The van der Waals surface area contributed by atoms with Crippen LogP contribution in [-0.4, -0.2) is 18.5 Å². The van der Waals surface area contributed by atoms with Crippen molar-refractivity contribution in [3.8, 4) is 0 Å². The number of nitrogens with one attached hydrogen (secondary N) is 2. The summed E-state index contributed by atoms with van der Waals surface area (Å²) in [5.41, 5.74) is -5.19. The van der Waals surface area contributed by atoms with E-state index in [0.717, 1.165) is 12.1 Å². The summed E-state index contributed by atoms with van der Waals surface area (Å²) in [5.74, 6) is -1.50. The van der Waals surface area contributed by atoms with E-state index in [2.05, 4.69) is 5.32 Å². The van der Waals surface area contributed by atoms with E-state index in [1.165, 1.54) is 12.1 Å². The maximum absolute atomic E-state index is 13.2. The number of carbonyl (C=O) groups excluding carboxylic acids is 2. The van der Waals surface area contributed by atoms with Gasteiger partial charge in [-0.15, -0.1) is 0 Å². The lowest BCUT2D eigenvalue weighted by Gasteiger charge is -2.26. The van der Waals surface area contributed by atoms with Gasteiger partial charge in [-0.05, 0) is 41.5 Å². The number of halogens is 7. The van der Waals surface area contributed by atoms with Crippen LogP contribution in [0.25, 0.3) is 0 Å². The number of carbonyl (C=O) groups is 2. The van der Waals surface area contributed by atoms with E-state index in [9.17, 15) is 40.3 Å². The van der Waals surface area contributed by atoms with Crippen molar-refractivity contribution in [3.63, 3.8) is 0 Å². The van der Waals surface area contributed by atoms with Gasteiger partial charge in [0, 0.05) is 0 Å². The highest BCUT2D eigenvalue weighted by Crippen LogP contribution is 2.36. The van der Waals surface area contributed by atoms with Gasteiger partial charge in [0.25, 0.3) is 5.91 Å². The number of hydrogen-bond acceptors (Lipinski definition) is 3.